The van der Waals surface area contributed by atoms with Gasteiger partial charge >= 0.3 is 5.97 Å². The van der Waals surface area contributed by atoms with E-state index in [1.807, 2.05) is 6.92 Å². The molecule has 0 aliphatic heterocycles. The molecule has 0 fully saturated rings. The van der Waals surface area contributed by atoms with Crippen LogP contribution < -0.4 is 10.3 Å². The van der Waals surface area contributed by atoms with E-state index in [9.17, 15) is 18.0 Å². The van der Waals surface area contributed by atoms with Gasteiger partial charge in [0.15, 0.2) is 9.86 Å². The molecule has 148 valence electrons. The minimum atomic E-state index is -4.15. The molecule has 8 nitrogen and oxygen atoms in total. The van der Waals surface area contributed by atoms with Gasteiger partial charge in [0.2, 0.25) is 0 Å². The zero-order valence-corrected chi connectivity index (χ0v) is 17.0. The maximum absolute atomic E-state index is 12.7. The molecule has 2 heterocycles. The average molecular weight is 422 g/mol. The Hall–Kier alpha value is -2.72. The monoisotopic (exact) mass is 421 g/mol. The van der Waals surface area contributed by atoms with Crippen molar-refractivity contribution in [2.75, 3.05) is 11.3 Å². The number of aryl methyl sites for hydroxylation is 1. The Kier molecular flexibility index (Phi) is 5.80. The second-order valence-electron chi connectivity index (χ2n) is 6.06. The second-order valence-corrected chi connectivity index (χ2v) is 8.55. The van der Waals surface area contributed by atoms with E-state index in [0.29, 0.717) is 17.1 Å². The van der Waals surface area contributed by atoms with Crippen molar-refractivity contribution in [2.24, 2.45) is 0 Å². The molecular formula is C18H19N3O5S2. The summed E-state index contributed by atoms with van der Waals surface area (Å²) in [5, 5.41) is 1.66. The standard InChI is InChI=1S/C18H19N3O5S2/c1-3-4-10-26-17(23)13-5-7-14(8-6-13)20-28(24,25)15-12(2)19-18-21(16(15)22)9-11-27-18/h5-9,11,20H,3-4,10H2,1-2H3. The number of thiazole rings is 1. The highest BCUT2D eigenvalue weighted by Crippen LogP contribution is 2.18. The first-order valence-electron chi connectivity index (χ1n) is 8.60. The Morgan fingerprint density at radius 1 is 1.29 bits per heavy atom. The van der Waals surface area contributed by atoms with Crippen molar-refractivity contribution in [1.82, 2.24) is 9.38 Å². The van der Waals surface area contributed by atoms with Crippen LogP contribution in [-0.2, 0) is 14.8 Å². The number of hydrogen-bond acceptors (Lipinski definition) is 7. The lowest BCUT2D eigenvalue weighted by Gasteiger charge is -2.10. The molecule has 0 radical (unpaired) electrons. The molecule has 0 saturated carbocycles. The maximum atomic E-state index is 12.7. The van der Waals surface area contributed by atoms with Crippen molar-refractivity contribution >= 4 is 38.0 Å². The molecule has 0 bridgehead atoms. The zero-order chi connectivity index (χ0) is 20.3. The van der Waals surface area contributed by atoms with Gasteiger partial charge in [-0.3, -0.25) is 13.9 Å². The van der Waals surface area contributed by atoms with Crippen LogP contribution >= 0.6 is 11.3 Å². The fraction of sp³-hybridized carbons (Fsp3) is 0.278. The van der Waals surface area contributed by atoms with Gasteiger partial charge < -0.3 is 4.74 Å². The lowest BCUT2D eigenvalue weighted by molar-refractivity contribution is 0.0500. The Morgan fingerprint density at radius 3 is 2.68 bits per heavy atom. The fourth-order valence-corrected chi connectivity index (χ4v) is 4.61. The van der Waals surface area contributed by atoms with Crippen LogP contribution in [0.2, 0.25) is 0 Å². The zero-order valence-electron chi connectivity index (χ0n) is 15.3. The average Bonchev–Trinajstić information content (AvgIpc) is 3.10. The first kappa shape index (κ1) is 20.0. The van der Waals surface area contributed by atoms with Gasteiger partial charge in [0, 0.05) is 17.3 Å². The molecule has 28 heavy (non-hydrogen) atoms. The van der Waals surface area contributed by atoms with E-state index in [-0.39, 0.29) is 11.4 Å². The van der Waals surface area contributed by atoms with E-state index < -0.39 is 26.4 Å². The number of anilines is 1. The quantitative estimate of drug-likeness (QED) is 0.464. The lowest BCUT2D eigenvalue weighted by atomic mass is 10.2. The van der Waals surface area contributed by atoms with Gasteiger partial charge in [0.1, 0.15) is 0 Å². The Morgan fingerprint density at radius 2 is 2.00 bits per heavy atom. The van der Waals surface area contributed by atoms with E-state index in [2.05, 4.69) is 9.71 Å². The van der Waals surface area contributed by atoms with E-state index in [1.165, 1.54) is 53.1 Å². The number of nitrogens with one attached hydrogen (secondary N) is 1. The molecule has 3 rings (SSSR count). The summed E-state index contributed by atoms with van der Waals surface area (Å²) < 4.78 is 34.2. The third kappa shape index (κ3) is 4.07. The number of benzene rings is 1. The normalized spacial score (nSPS) is 11.5. The topological polar surface area (TPSA) is 107 Å². The maximum Gasteiger partial charge on any atom is 0.338 e. The van der Waals surface area contributed by atoms with Gasteiger partial charge in [0.25, 0.3) is 15.6 Å². The van der Waals surface area contributed by atoms with E-state index >= 15 is 0 Å². The summed E-state index contributed by atoms with van der Waals surface area (Å²) in [5.74, 6) is -0.468. The van der Waals surface area contributed by atoms with Crippen LogP contribution in [-0.4, -0.2) is 30.4 Å². The van der Waals surface area contributed by atoms with Crippen molar-refractivity contribution in [3.63, 3.8) is 0 Å². The van der Waals surface area contributed by atoms with Crippen LogP contribution in [0.25, 0.3) is 4.96 Å². The molecular weight excluding hydrogens is 402 g/mol. The summed E-state index contributed by atoms with van der Waals surface area (Å²) in [6, 6.07) is 5.81. The first-order valence-corrected chi connectivity index (χ1v) is 11.0. The van der Waals surface area contributed by atoms with Crippen molar-refractivity contribution in [3.05, 3.63) is 57.5 Å². The molecule has 3 aromatic rings. The van der Waals surface area contributed by atoms with Crippen molar-refractivity contribution in [3.8, 4) is 0 Å². The van der Waals surface area contributed by atoms with Crippen LogP contribution in [0.3, 0.4) is 0 Å². The van der Waals surface area contributed by atoms with Crippen LogP contribution in [0, 0.1) is 6.92 Å². The minimum Gasteiger partial charge on any atom is -0.462 e. The molecule has 0 amide bonds. The Balaban J connectivity index is 1.83. The summed E-state index contributed by atoms with van der Waals surface area (Å²) in [6.45, 7) is 3.81. The highest BCUT2D eigenvalue weighted by molar-refractivity contribution is 7.92. The van der Waals surface area contributed by atoms with Crippen LogP contribution in [0.1, 0.15) is 35.8 Å². The molecule has 1 aromatic carbocycles. The minimum absolute atomic E-state index is 0.121. The number of aromatic nitrogens is 2. The van der Waals surface area contributed by atoms with Gasteiger partial charge in [-0.2, -0.15) is 0 Å². The largest absolute Gasteiger partial charge is 0.462 e. The number of nitrogens with zero attached hydrogens (tertiary/aromatic N) is 2. The highest BCUT2D eigenvalue weighted by atomic mass is 32.2. The number of sulfonamides is 1. The number of rotatable bonds is 7. The number of unbranched alkanes of at least 4 members (excludes halogenated alkanes) is 1. The number of fused-ring (bicyclic) bond motifs is 1. The number of carbonyl (C=O) groups is 1. The van der Waals surface area contributed by atoms with Crippen LogP contribution in [0.15, 0.2) is 45.5 Å². The summed E-state index contributed by atoms with van der Waals surface area (Å²) in [5.41, 5.74) is -0.000529. The molecule has 0 saturated heterocycles. The summed E-state index contributed by atoms with van der Waals surface area (Å²) in [7, 11) is -4.15. The van der Waals surface area contributed by atoms with Crippen LogP contribution in [0.5, 0.6) is 0 Å². The second kappa shape index (κ2) is 8.11. The summed E-state index contributed by atoms with van der Waals surface area (Å²) in [6.07, 6.45) is 3.17. The molecule has 2 aromatic heterocycles. The van der Waals surface area contributed by atoms with Crippen molar-refractivity contribution < 1.29 is 17.9 Å². The molecule has 0 spiro atoms. The number of carbonyl (C=O) groups excluding carboxylic acids is 1. The lowest BCUT2D eigenvalue weighted by Crippen LogP contribution is -2.27. The van der Waals surface area contributed by atoms with Crippen molar-refractivity contribution in [1.29, 1.82) is 0 Å². The Labute approximate surface area is 165 Å². The SMILES string of the molecule is CCCCOC(=O)c1ccc(NS(=O)(=O)c2c(C)nc3sccn3c2=O)cc1. The third-order valence-corrected chi connectivity index (χ3v) is 6.24. The predicted octanol–water partition coefficient (Wildman–Crippen LogP) is 2.82. The molecule has 0 atom stereocenters. The smallest absolute Gasteiger partial charge is 0.338 e. The molecule has 0 aliphatic carbocycles. The predicted molar refractivity (Wildman–Crippen MR) is 107 cm³/mol. The van der Waals surface area contributed by atoms with Gasteiger partial charge in [0.05, 0.1) is 17.9 Å². The molecule has 0 aliphatic rings. The van der Waals surface area contributed by atoms with Crippen LogP contribution in [0.4, 0.5) is 5.69 Å². The van der Waals surface area contributed by atoms with E-state index in [1.54, 1.807) is 5.38 Å². The van der Waals surface area contributed by atoms with Gasteiger partial charge in [-0.05, 0) is 37.6 Å². The van der Waals surface area contributed by atoms with Crippen molar-refractivity contribution in [2.45, 2.75) is 31.6 Å². The van der Waals surface area contributed by atoms with Gasteiger partial charge in [-0.1, -0.05) is 13.3 Å². The number of ether oxygens (including phenoxy) is 1. The highest BCUT2D eigenvalue weighted by Gasteiger charge is 2.24. The van der Waals surface area contributed by atoms with Gasteiger partial charge in [-0.25, -0.2) is 18.2 Å². The fourth-order valence-electron chi connectivity index (χ4n) is 2.55. The first-order chi connectivity index (χ1) is 13.3. The summed E-state index contributed by atoms with van der Waals surface area (Å²) >= 11 is 1.24. The third-order valence-electron chi connectivity index (χ3n) is 3.97. The molecule has 0 unspecified atom stereocenters. The number of hydrogen-bond donors (Lipinski definition) is 1. The molecule has 1 N–H and O–H groups in total. The number of esters is 1. The van der Waals surface area contributed by atoms with E-state index in [4.69, 9.17) is 4.74 Å². The molecule has 10 heteroatoms. The Bertz CT molecular complexity index is 1160. The summed E-state index contributed by atoms with van der Waals surface area (Å²) in [4.78, 5) is 28.7. The van der Waals surface area contributed by atoms with E-state index in [0.717, 1.165) is 12.8 Å². The van der Waals surface area contributed by atoms with Gasteiger partial charge in [-0.15, -0.1) is 11.3 Å².